The lowest BCUT2D eigenvalue weighted by atomic mass is 10.1. The Balaban J connectivity index is 1.25. The molecule has 20 nitrogen and oxygen atoms in total. The zero-order valence-corrected chi connectivity index (χ0v) is 22.7. The van der Waals surface area contributed by atoms with Gasteiger partial charge in [0.15, 0.2) is 17.7 Å². The summed E-state index contributed by atoms with van der Waals surface area (Å²) in [6.45, 7) is -0.735. The number of nitrogen functional groups attached to an aromatic ring is 1. The fourth-order valence-electron chi connectivity index (χ4n) is 4.65. The first kappa shape index (κ1) is 29.9. The third kappa shape index (κ3) is 6.43. The molecule has 3 aliphatic rings. The Morgan fingerprint density at radius 2 is 1.88 bits per heavy atom. The predicted octanol–water partition coefficient (Wildman–Crippen LogP) is -2.35. The van der Waals surface area contributed by atoms with Gasteiger partial charge < -0.3 is 51.2 Å². The highest BCUT2D eigenvalue weighted by atomic mass is 31.2. The molecule has 2 fully saturated rings. The van der Waals surface area contributed by atoms with Gasteiger partial charge in [0.25, 0.3) is 0 Å². The van der Waals surface area contributed by atoms with Crippen LogP contribution in [0, 0.1) is 0 Å². The summed E-state index contributed by atoms with van der Waals surface area (Å²) in [4.78, 5) is 54.6. The van der Waals surface area contributed by atoms with Crippen LogP contribution in [0.5, 0.6) is 0 Å². The first-order chi connectivity index (χ1) is 19.2. The van der Waals surface area contributed by atoms with Gasteiger partial charge in [-0.1, -0.05) is 0 Å². The molecule has 10 N–H and O–H groups in total. The number of aliphatic hydroxyl groups excluding tert-OH is 2. The number of nitrogens with zero attached hydrogens (tertiary/aromatic N) is 5. The second kappa shape index (κ2) is 11.3. The largest absolute Gasteiger partial charge is 0.472 e. The molecule has 0 aromatic carbocycles. The maximum atomic E-state index is 12.8. The number of nitrogens with two attached hydrogens (primary N) is 2. The van der Waals surface area contributed by atoms with E-state index in [1.807, 2.05) is 0 Å². The Bertz CT molecular complexity index is 1420. The molecule has 2 amide bonds. The van der Waals surface area contributed by atoms with Gasteiger partial charge in [-0.2, -0.15) is 0 Å². The zero-order valence-electron chi connectivity index (χ0n) is 20.9. The third-order valence-electron chi connectivity index (χ3n) is 6.56. The van der Waals surface area contributed by atoms with E-state index >= 15 is 0 Å². The van der Waals surface area contributed by atoms with Crippen LogP contribution in [0.2, 0.25) is 0 Å². The number of urea groups is 1. The Morgan fingerprint density at radius 1 is 1.12 bits per heavy atom. The van der Waals surface area contributed by atoms with Crippen LogP contribution in [0.25, 0.3) is 11.2 Å². The molecule has 0 spiro atoms. The van der Waals surface area contributed by atoms with E-state index in [9.17, 15) is 38.8 Å². The second-order valence-electron chi connectivity index (χ2n) is 9.47. The average Bonchev–Trinajstić information content (AvgIpc) is 3.54. The highest BCUT2D eigenvalue weighted by Crippen LogP contribution is 2.50. The maximum absolute atomic E-state index is 12.8. The minimum atomic E-state index is -4.98. The highest BCUT2D eigenvalue weighted by Gasteiger charge is 2.48. The Morgan fingerprint density at radius 3 is 2.59 bits per heavy atom. The molecule has 2 aromatic rings. The molecule has 9 atom stereocenters. The van der Waals surface area contributed by atoms with Gasteiger partial charge in [-0.05, 0) is 6.08 Å². The lowest BCUT2D eigenvalue weighted by molar-refractivity contribution is -0.0544. The molecular formula is C19H28N8O12P2. The summed E-state index contributed by atoms with van der Waals surface area (Å²) < 4.78 is 47.3. The summed E-state index contributed by atoms with van der Waals surface area (Å²) in [5.74, 6) is 0.0794. The smallest absolute Gasteiger partial charge is 0.387 e. The van der Waals surface area contributed by atoms with Gasteiger partial charge in [-0.25, -0.2) is 24.3 Å². The van der Waals surface area contributed by atoms with Gasteiger partial charge in [0.1, 0.15) is 42.5 Å². The van der Waals surface area contributed by atoms with Crippen molar-refractivity contribution in [2.75, 3.05) is 18.5 Å². The monoisotopic (exact) mass is 622 g/mol. The summed E-state index contributed by atoms with van der Waals surface area (Å²) in [6, 6.07) is -0.663. The average molecular weight is 622 g/mol. The van der Waals surface area contributed by atoms with E-state index in [1.165, 1.54) is 29.5 Å². The number of amides is 2. The molecule has 226 valence electrons. The van der Waals surface area contributed by atoms with Gasteiger partial charge in [0, 0.05) is 12.6 Å². The molecule has 2 aromatic heterocycles. The Kier molecular flexibility index (Phi) is 8.20. The van der Waals surface area contributed by atoms with Crippen LogP contribution in [0.15, 0.2) is 24.9 Å². The fraction of sp³-hybridized carbons (Fsp3) is 0.579. The maximum Gasteiger partial charge on any atom is 0.472 e. The topological polar surface area (TPSA) is 300 Å². The number of hydrogen-bond donors (Lipinski definition) is 8. The molecular weight excluding hydrogens is 594 g/mol. The number of aromatic nitrogens is 4. The van der Waals surface area contributed by atoms with E-state index in [0.29, 0.717) is 0 Å². The summed E-state index contributed by atoms with van der Waals surface area (Å²) >= 11 is 0. The molecule has 0 radical (unpaired) electrons. The van der Waals surface area contributed by atoms with Crippen molar-refractivity contribution in [1.29, 1.82) is 0 Å². The van der Waals surface area contributed by atoms with Crippen molar-refractivity contribution in [3.05, 3.63) is 24.9 Å². The molecule has 41 heavy (non-hydrogen) atoms. The number of phosphoric acid groups is 1. The Labute approximate surface area is 230 Å². The molecule has 2 saturated heterocycles. The number of nitrogens with one attached hydrogen (secondary N) is 1. The minimum Gasteiger partial charge on any atom is -0.387 e. The van der Waals surface area contributed by atoms with Crippen LogP contribution in [0.1, 0.15) is 12.6 Å². The minimum absolute atomic E-state index is 0.0794. The number of fused-ring (bicyclic) bond motifs is 1. The molecule has 3 aliphatic heterocycles. The van der Waals surface area contributed by atoms with Crippen LogP contribution >= 0.6 is 15.4 Å². The van der Waals surface area contributed by atoms with E-state index in [1.54, 1.807) is 0 Å². The molecule has 0 aliphatic carbocycles. The van der Waals surface area contributed by atoms with E-state index in [-0.39, 0.29) is 23.4 Å². The van der Waals surface area contributed by atoms with E-state index in [2.05, 4.69) is 20.3 Å². The van der Waals surface area contributed by atoms with Gasteiger partial charge in [0.2, 0.25) is 0 Å². The van der Waals surface area contributed by atoms with Crippen LogP contribution in [-0.2, 0) is 27.7 Å². The number of hydrogen-bond acceptors (Lipinski definition) is 14. The summed E-state index contributed by atoms with van der Waals surface area (Å²) in [5.41, 5.74) is 11.8. The van der Waals surface area contributed by atoms with Crippen molar-refractivity contribution < 1.29 is 57.3 Å². The Hall–Kier alpha value is -2.58. The first-order valence-electron chi connectivity index (χ1n) is 12.1. The number of anilines is 1. The van der Waals surface area contributed by atoms with Gasteiger partial charge in [-0.3, -0.25) is 23.1 Å². The standard InChI is InChI=1S/C19H28N8O12P2/c20-11-1-2-26(19(30)25-11)12-3-8(10(37-12)5-40(31,32)33)39-41(34,35)36-4-9-14(28)15(29)18(38-9)27-7-24-13-16(21)22-6-23-17(13)27/h1-2,6-12,14-15,18,28-29H,3-5,20H2,(H,25,30)(H,34,35)(H2,21,22,23)(H2,31,32,33)/t8-,9+,10+,11?,12+,14+,15+,18+/m0/s1. The van der Waals surface area contributed by atoms with Crippen LogP contribution < -0.4 is 16.8 Å². The van der Waals surface area contributed by atoms with E-state index < -0.39 is 83.4 Å². The highest BCUT2D eigenvalue weighted by molar-refractivity contribution is 7.51. The number of aliphatic hydroxyl groups is 2. The number of phosphoric ester groups is 1. The fourth-order valence-corrected chi connectivity index (χ4v) is 6.40. The molecule has 5 rings (SSSR count). The van der Waals surface area contributed by atoms with Crippen LogP contribution in [0.4, 0.5) is 10.6 Å². The molecule has 22 heteroatoms. The number of imidazole rings is 1. The normalized spacial score (nSPS) is 33.8. The van der Waals surface area contributed by atoms with Crippen molar-refractivity contribution in [1.82, 2.24) is 29.7 Å². The molecule has 5 heterocycles. The van der Waals surface area contributed by atoms with Crippen molar-refractivity contribution in [2.45, 2.75) is 55.6 Å². The lowest BCUT2D eigenvalue weighted by Gasteiger charge is -2.30. The van der Waals surface area contributed by atoms with Gasteiger partial charge >= 0.3 is 21.4 Å². The van der Waals surface area contributed by atoms with E-state index in [4.69, 9.17) is 30.0 Å². The van der Waals surface area contributed by atoms with Gasteiger partial charge in [-0.15, -0.1) is 0 Å². The number of carbonyl (C=O) groups excluding carboxylic acids is 1. The second-order valence-corrected chi connectivity index (χ2v) is 12.6. The summed E-state index contributed by atoms with van der Waals surface area (Å²) in [6.07, 6.45) is -6.24. The molecule has 2 unspecified atom stereocenters. The first-order valence-corrected chi connectivity index (χ1v) is 15.3. The van der Waals surface area contributed by atoms with E-state index in [0.717, 1.165) is 4.90 Å². The zero-order chi connectivity index (χ0) is 29.7. The van der Waals surface area contributed by atoms with Crippen molar-refractivity contribution in [3.63, 3.8) is 0 Å². The molecule has 0 saturated carbocycles. The quantitative estimate of drug-likeness (QED) is 0.136. The van der Waals surface area contributed by atoms with Crippen molar-refractivity contribution >= 4 is 38.4 Å². The predicted molar refractivity (Wildman–Crippen MR) is 134 cm³/mol. The SMILES string of the molecule is Nc1ncnc2c1ncn2[C@@H]1O[C@H](COP(=O)(O)O[C@H]2C[C@H](N3C=CC(N)NC3=O)O[C@@H]2CP(=O)(O)O)[C@@H](O)[C@H]1O. The van der Waals surface area contributed by atoms with Crippen molar-refractivity contribution in [2.24, 2.45) is 5.73 Å². The van der Waals surface area contributed by atoms with Crippen molar-refractivity contribution in [3.8, 4) is 0 Å². The van der Waals surface area contributed by atoms with Crippen LogP contribution in [-0.4, -0.2) is 111 Å². The van der Waals surface area contributed by atoms with Crippen LogP contribution in [0.3, 0.4) is 0 Å². The summed E-state index contributed by atoms with van der Waals surface area (Å²) in [7, 11) is -9.67. The third-order valence-corrected chi connectivity index (χ3v) is 8.40. The number of carbonyl (C=O) groups is 1. The number of ether oxygens (including phenoxy) is 2. The molecule has 0 bridgehead atoms. The lowest BCUT2D eigenvalue weighted by Crippen LogP contribution is -2.52. The number of rotatable bonds is 9. The van der Waals surface area contributed by atoms with Gasteiger partial charge in [0.05, 0.1) is 31.4 Å². The summed E-state index contributed by atoms with van der Waals surface area (Å²) in [5, 5.41) is 23.5.